The van der Waals surface area contributed by atoms with Gasteiger partial charge in [-0.25, -0.2) is 4.98 Å². The van der Waals surface area contributed by atoms with E-state index in [-0.39, 0.29) is 0 Å². The van der Waals surface area contributed by atoms with Crippen LogP contribution in [-0.2, 0) is 0 Å². The molecule has 14 heavy (non-hydrogen) atoms. The van der Waals surface area contributed by atoms with Gasteiger partial charge in [0.15, 0.2) is 0 Å². The third kappa shape index (κ3) is 1.53. The molecule has 2 aromatic rings. The Hall–Kier alpha value is -0.610. The Morgan fingerprint density at radius 3 is 2.71 bits per heavy atom. The maximum atomic E-state index is 5.95. The van der Waals surface area contributed by atoms with Gasteiger partial charge in [-0.3, -0.25) is 0 Å². The molecule has 1 aromatic carbocycles. The Morgan fingerprint density at radius 2 is 2.00 bits per heavy atom. The van der Waals surface area contributed by atoms with Gasteiger partial charge in [-0.1, -0.05) is 0 Å². The lowest BCUT2D eigenvalue weighted by atomic mass is 10.1. The first-order chi connectivity index (χ1) is 6.59. The Morgan fingerprint density at radius 1 is 1.29 bits per heavy atom. The molecule has 0 amide bonds. The van der Waals surface area contributed by atoms with E-state index in [1.165, 1.54) is 0 Å². The zero-order chi connectivity index (χ0) is 10.3. The molecular weight excluding hydrogens is 308 g/mol. The summed E-state index contributed by atoms with van der Waals surface area (Å²) >= 11 is 6.85. The van der Waals surface area contributed by atoms with E-state index in [4.69, 9.17) is 5.73 Å². The normalized spacial score (nSPS) is 10.8. The first kappa shape index (κ1) is 9.93. The van der Waals surface area contributed by atoms with E-state index in [0.29, 0.717) is 0 Å². The maximum Gasteiger partial charge on any atom is 0.114 e. The van der Waals surface area contributed by atoms with E-state index < -0.39 is 0 Å². The molecule has 0 aliphatic rings. The lowest BCUT2D eigenvalue weighted by Gasteiger charge is -2.07. The fraction of sp³-hybridized carbons (Fsp3) is 0.100. The number of aryl methyl sites for hydroxylation is 1. The third-order valence-corrected chi connectivity index (χ3v) is 3.30. The van der Waals surface area contributed by atoms with Crippen LogP contribution in [0.1, 0.15) is 5.56 Å². The number of halogens is 2. The number of rotatable bonds is 0. The van der Waals surface area contributed by atoms with E-state index in [9.17, 15) is 0 Å². The minimum Gasteiger partial charge on any atom is -0.398 e. The number of fused-ring (bicyclic) bond motifs is 1. The summed E-state index contributed by atoms with van der Waals surface area (Å²) in [6.45, 7) is 2.02. The van der Waals surface area contributed by atoms with Gasteiger partial charge in [0.25, 0.3) is 0 Å². The summed E-state index contributed by atoms with van der Waals surface area (Å²) < 4.78 is 1.75. The van der Waals surface area contributed by atoms with Gasteiger partial charge in [-0.15, -0.1) is 0 Å². The summed E-state index contributed by atoms with van der Waals surface area (Å²) in [7, 11) is 0. The van der Waals surface area contributed by atoms with Crippen LogP contribution in [0.3, 0.4) is 0 Å². The molecule has 72 valence electrons. The molecule has 1 aromatic heterocycles. The van der Waals surface area contributed by atoms with Crippen LogP contribution >= 0.6 is 31.9 Å². The smallest absolute Gasteiger partial charge is 0.114 e. The van der Waals surface area contributed by atoms with E-state index in [2.05, 4.69) is 42.9 Å². The van der Waals surface area contributed by atoms with Crippen molar-refractivity contribution in [2.24, 2.45) is 0 Å². The maximum absolute atomic E-state index is 5.95. The summed E-state index contributed by atoms with van der Waals surface area (Å²) in [4.78, 5) is 4.20. The van der Waals surface area contributed by atoms with Gasteiger partial charge in [0.05, 0.1) is 0 Å². The number of hydrogen-bond acceptors (Lipinski definition) is 2. The van der Waals surface area contributed by atoms with E-state index in [1.54, 1.807) is 6.20 Å². The molecule has 1 heterocycles. The standard InChI is InChI=1S/C10H8Br2N2/c1-5-2-6-9(8(13)3-5)7(11)4-14-10(6)12/h2-4H,13H2,1H3. The Balaban J connectivity index is 3.00. The van der Waals surface area contributed by atoms with Gasteiger partial charge < -0.3 is 5.73 Å². The molecule has 0 saturated heterocycles. The van der Waals surface area contributed by atoms with E-state index in [0.717, 1.165) is 31.1 Å². The second-order valence-electron chi connectivity index (χ2n) is 3.17. The van der Waals surface area contributed by atoms with Crippen LogP contribution in [0.15, 0.2) is 27.4 Å². The van der Waals surface area contributed by atoms with Crippen LogP contribution < -0.4 is 5.73 Å². The van der Waals surface area contributed by atoms with Crippen LogP contribution in [0.25, 0.3) is 10.8 Å². The second-order valence-corrected chi connectivity index (χ2v) is 4.78. The summed E-state index contributed by atoms with van der Waals surface area (Å²) in [5.41, 5.74) is 7.86. The number of pyridine rings is 1. The average Bonchev–Trinajstić information content (AvgIpc) is 2.10. The summed E-state index contributed by atoms with van der Waals surface area (Å²) in [6.07, 6.45) is 1.75. The third-order valence-electron chi connectivity index (χ3n) is 2.07. The van der Waals surface area contributed by atoms with E-state index >= 15 is 0 Å². The Bertz CT molecular complexity index is 509. The first-order valence-corrected chi connectivity index (χ1v) is 5.68. The Kier molecular flexibility index (Phi) is 2.49. The van der Waals surface area contributed by atoms with Crippen LogP contribution in [0.5, 0.6) is 0 Å². The van der Waals surface area contributed by atoms with Crippen molar-refractivity contribution in [2.75, 3.05) is 5.73 Å². The molecule has 0 saturated carbocycles. The van der Waals surface area contributed by atoms with Gasteiger partial charge in [-0.05, 0) is 56.5 Å². The highest BCUT2D eigenvalue weighted by Gasteiger charge is 2.07. The highest BCUT2D eigenvalue weighted by atomic mass is 79.9. The fourth-order valence-electron chi connectivity index (χ4n) is 1.49. The summed E-state index contributed by atoms with van der Waals surface area (Å²) in [6, 6.07) is 4.02. The van der Waals surface area contributed by atoms with Crippen molar-refractivity contribution in [3.8, 4) is 0 Å². The van der Waals surface area contributed by atoms with Gasteiger partial charge >= 0.3 is 0 Å². The summed E-state index contributed by atoms with van der Waals surface area (Å²) in [5.74, 6) is 0. The number of nitrogens with two attached hydrogens (primary N) is 1. The van der Waals surface area contributed by atoms with E-state index in [1.807, 2.05) is 13.0 Å². The molecule has 0 spiro atoms. The molecule has 2 rings (SSSR count). The van der Waals surface area contributed by atoms with Crippen LogP contribution in [0, 0.1) is 6.92 Å². The van der Waals surface area contributed by atoms with Crippen LogP contribution in [0.4, 0.5) is 5.69 Å². The Labute approximate surface area is 98.8 Å². The highest BCUT2D eigenvalue weighted by molar-refractivity contribution is 9.11. The average molecular weight is 316 g/mol. The molecule has 2 N–H and O–H groups in total. The fourth-order valence-corrected chi connectivity index (χ4v) is 2.45. The van der Waals surface area contributed by atoms with Crippen LogP contribution in [0.2, 0.25) is 0 Å². The van der Waals surface area contributed by atoms with Gasteiger partial charge in [0.2, 0.25) is 0 Å². The summed E-state index contributed by atoms with van der Waals surface area (Å²) in [5, 5.41) is 2.05. The van der Waals surface area contributed by atoms with Crippen molar-refractivity contribution in [1.82, 2.24) is 4.98 Å². The predicted octanol–water partition coefficient (Wildman–Crippen LogP) is 3.65. The molecule has 2 nitrogen and oxygen atoms in total. The first-order valence-electron chi connectivity index (χ1n) is 4.09. The molecule has 0 aliphatic carbocycles. The monoisotopic (exact) mass is 314 g/mol. The molecular formula is C10H8Br2N2. The van der Waals surface area contributed by atoms with Crippen molar-refractivity contribution in [1.29, 1.82) is 0 Å². The molecule has 0 radical (unpaired) electrons. The van der Waals surface area contributed by atoms with Gasteiger partial charge in [0, 0.05) is 27.1 Å². The SMILES string of the molecule is Cc1cc(N)c2c(Br)cnc(Br)c2c1. The van der Waals surface area contributed by atoms with Crippen molar-refractivity contribution < 1.29 is 0 Å². The lowest BCUT2D eigenvalue weighted by molar-refractivity contribution is 1.30. The zero-order valence-corrected chi connectivity index (χ0v) is 10.7. The topological polar surface area (TPSA) is 38.9 Å². The van der Waals surface area contributed by atoms with Gasteiger partial charge in [-0.2, -0.15) is 0 Å². The molecule has 0 aliphatic heterocycles. The largest absolute Gasteiger partial charge is 0.398 e. The number of nitrogens with zero attached hydrogens (tertiary/aromatic N) is 1. The number of anilines is 1. The molecule has 0 unspecified atom stereocenters. The minimum absolute atomic E-state index is 0.773. The molecule has 4 heteroatoms. The highest BCUT2D eigenvalue weighted by Crippen LogP contribution is 2.33. The predicted molar refractivity (Wildman–Crippen MR) is 66.3 cm³/mol. The quantitative estimate of drug-likeness (QED) is 0.595. The second kappa shape index (κ2) is 3.51. The van der Waals surface area contributed by atoms with Crippen molar-refractivity contribution >= 4 is 48.3 Å². The minimum atomic E-state index is 0.773. The number of benzene rings is 1. The molecule has 0 bridgehead atoms. The number of nitrogen functional groups attached to an aromatic ring is 1. The van der Waals surface area contributed by atoms with Gasteiger partial charge in [0.1, 0.15) is 4.60 Å². The lowest BCUT2D eigenvalue weighted by Crippen LogP contribution is -1.91. The van der Waals surface area contributed by atoms with Crippen molar-refractivity contribution in [3.63, 3.8) is 0 Å². The van der Waals surface area contributed by atoms with Crippen molar-refractivity contribution in [3.05, 3.63) is 33.0 Å². The zero-order valence-electron chi connectivity index (χ0n) is 7.51. The van der Waals surface area contributed by atoms with Crippen molar-refractivity contribution in [2.45, 2.75) is 6.92 Å². The molecule has 0 fully saturated rings. The number of hydrogen-bond donors (Lipinski definition) is 1. The molecule has 0 atom stereocenters. The number of aromatic nitrogens is 1. The van der Waals surface area contributed by atoms with Crippen LogP contribution in [-0.4, -0.2) is 4.98 Å².